The molecule has 0 radical (unpaired) electrons. The van der Waals surface area contributed by atoms with Crippen LogP contribution in [0.3, 0.4) is 0 Å². The number of ether oxygens (including phenoxy) is 1. The van der Waals surface area contributed by atoms with Crippen LogP contribution in [0, 0.1) is 5.92 Å². The summed E-state index contributed by atoms with van der Waals surface area (Å²) in [5, 5.41) is 3.22. The number of rotatable bonds is 4. The number of nitrogens with one attached hydrogen (secondary N) is 1. The molecule has 1 aliphatic rings. The highest BCUT2D eigenvalue weighted by Crippen LogP contribution is 2.31. The average Bonchev–Trinajstić information content (AvgIpc) is 2.47. The largest absolute Gasteiger partial charge is 0.466 e. The second-order valence-electron chi connectivity index (χ2n) is 4.77. The van der Waals surface area contributed by atoms with Crippen molar-refractivity contribution in [3.63, 3.8) is 0 Å². The van der Waals surface area contributed by atoms with E-state index in [0.717, 1.165) is 12.8 Å². The van der Waals surface area contributed by atoms with Crippen molar-refractivity contribution in [3.8, 4) is 0 Å². The molecule has 1 aromatic rings. The van der Waals surface area contributed by atoms with Gasteiger partial charge in [-0.15, -0.1) is 0 Å². The van der Waals surface area contributed by atoms with Crippen LogP contribution in [0.5, 0.6) is 0 Å². The fourth-order valence-corrected chi connectivity index (χ4v) is 2.60. The van der Waals surface area contributed by atoms with Gasteiger partial charge in [-0.05, 0) is 37.9 Å². The van der Waals surface area contributed by atoms with Gasteiger partial charge in [0.25, 0.3) is 0 Å². The Balaban J connectivity index is 2.17. The van der Waals surface area contributed by atoms with Gasteiger partial charge in [0, 0.05) is 6.04 Å². The molecule has 0 amide bonds. The predicted octanol–water partition coefficient (Wildman–Crippen LogP) is 2.63. The van der Waals surface area contributed by atoms with Crippen LogP contribution in [0.1, 0.15) is 25.3 Å². The smallest absolute Gasteiger partial charge is 0.310 e. The molecule has 2 rings (SSSR count). The third kappa shape index (κ3) is 3.24. The number of likely N-dealkylation sites (N-methyl/N-ethyl adjacent to an activating group) is 1. The maximum Gasteiger partial charge on any atom is 0.310 e. The molecule has 0 saturated heterocycles. The van der Waals surface area contributed by atoms with E-state index < -0.39 is 0 Å². The van der Waals surface area contributed by atoms with Crippen molar-refractivity contribution in [2.75, 3.05) is 13.7 Å². The highest BCUT2D eigenvalue weighted by atomic mass is 16.5. The molecular formula is C16H21NO2. The fourth-order valence-electron chi connectivity index (χ4n) is 2.60. The van der Waals surface area contributed by atoms with Crippen LogP contribution in [0.25, 0.3) is 5.57 Å². The summed E-state index contributed by atoms with van der Waals surface area (Å²) < 4.78 is 5.15. The number of carbonyl (C=O) groups excluding carboxylic acids is 1. The van der Waals surface area contributed by atoms with Crippen LogP contribution in [0.2, 0.25) is 0 Å². The number of allylic oxidation sites excluding steroid dienone is 1. The van der Waals surface area contributed by atoms with Gasteiger partial charge in [0.2, 0.25) is 0 Å². The quantitative estimate of drug-likeness (QED) is 0.845. The highest BCUT2D eigenvalue weighted by Gasteiger charge is 2.30. The van der Waals surface area contributed by atoms with Gasteiger partial charge in [-0.1, -0.05) is 36.4 Å². The minimum Gasteiger partial charge on any atom is -0.466 e. The van der Waals surface area contributed by atoms with Gasteiger partial charge < -0.3 is 10.1 Å². The molecule has 19 heavy (non-hydrogen) atoms. The molecule has 0 unspecified atom stereocenters. The van der Waals surface area contributed by atoms with Crippen LogP contribution in [-0.2, 0) is 9.53 Å². The third-order valence-corrected chi connectivity index (χ3v) is 3.61. The van der Waals surface area contributed by atoms with Crippen molar-refractivity contribution in [2.24, 2.45) is 5.92 Å². The van der Waals surface area contributed by atoms with Gasteiger partial charge >= 0.3 is 5.97 Å². The first-order valence-corrected chi connectivity index (χ1v) is 6.86. The minimum absolute atomic E-state index is 0.0583. The van der Waals surface area contributed by atoms with E-state index in [1.165, 1.54) is 11.1 Å². The molecule has 0 heterocycles. The summed E-state index contributed by atoms with van der Waals surface area (Å²) in [7, 11) is 1.89. The molecule has 0 fully saturated rings. The van der Waals surface area contributed by atoms with Crippen molar-refractivity contribution >= 4 is 11.5 Å². The molecule has 0 aliphatic heterocycles. The maximum atomic E-state index is 11.9. The van der Waals surface area contributed by atoms with Crippen LogP contribution in [0.4, 0.5) is 0 Å². The average molecular weight is 259 g/mol. The molecule has 3 heteroatoms. The van der Waals surface area contributed by atoms with Crippen LogP contribution >= 0.6 is 0 Å². The zero-order valence-electron chi connectivity index (χ0n) is 11.6. The predicted molar refractivity (Wildman–Crippen MR) is 76.6 cm³/mol. The number of benzene rings is 1. The molecule has 2 atom stereocenters. The van der Waals surface area contributed by atoms with Crippen molar-refractivity contribution in [1.82, 2.24) is 5.32 Å². The molecule has 3 nitrogen and oxygen atoms in total. The summed E-state index contributed by atoms with van der Waals surface area (Å²) in [6, 6.07) is 10.4. The lowest BCUT2D eigenvalue weighted by Gasteiger charge is -2.28. The molecule has 0 aromatic heterocycles. The summed E-state index contributed by atoms with van der Waals surface area (Å²) >= 11 is 0. The lowest BCUT2D eigenvalue weighted by molar-refractivity contribution is -0.148. The SMILES string of the molecule is CCOC(=O)[C@@H]1CCC(c2ccccc2)=C[C@H]1NC. The normalized spacial score (nSPS) is 22.7. The van der Waals surface area contributed by atoms with Crippen LogP contribution in [-0.4, -0.2) is 25.7 Å². The first-order valence-electron chi connectivity index (χ1n) is 6.86. The van der Waals surface area contributed by atoms with E-state index in [4.69, 9.17) is 4.74 Å². The molecule has 0 spiro atoms. The van der Waals surface area contributed by atoms with E-state index in [1.54, 1.807) is 0 Å². The van der Waals surface area contributed by atoms with Crippen molar-refractivity contribution in [2.45, 2.75) is 25.8 Å². The Morgan fingerprint density at radius 3 is 2.74 bits per heavy atom. The molecular weight excluding hydrogens is 238 g/mol. The van der Waals surface area contributed by atoms with Crippen LogP contribution in [0.15, 0.2) is 36.4 Å². The summed E-state index contributed by atoms with van der Waals surface area (Å²) in [6.45, 7) is 2.29. The molecule has 1 aliphatic carbocycles. The second kappa shape index (κ2) is 6.53. The lowest BCUT2D eigenvalue weighted by atomic mass is 9.83. The Kier molecular flexibility index (Phi) is 4.74. The Morgan fingerprint density at radius 2 is 2.11 bits per heavy atom. The van der Waals surface area contributed by atoms with Gasteiger partial charge in [0.1, 0.15) is 0 Å². The maximum absolute atomic E-state index is 11.9. The van der Waals surface area contributed by atoms with Crippen molar-refractivity contribution in [1.29, 1.82) is 0 Å². The second-order valence-corrected chi connectivity index (χ2v) is 4.77. The van der Waals surface area contributed by atoms with Gasteiger partial charge in [-0.25, -0.2) is 0 Å². The standard InChI is InChI=1S/C16H21NO2/c1-3-19-16(18)14-10-9-13(11-15(14)17-2)12-7-5-4-6-8-12/h4-8,11,14-15,17H,3,9-10H2,1-2H3/t14-,15-/m1/s1. The van der Waals surface area contributed by atoms with E-state index in [1.807, 2.05) is 32.2 Å². The monoisotopic (exact) mass is 259 g/mol. The molecule has 102 valence electrons. The van der Waals surface area contributed by atoms with E-state index >= 15 is 0 Å². The lowest BCUT2D eigenvalue weighted by Crippen LogP contribution is -2.39. The van der Waals surface area contributed by atoms with E-state index in [9.17, 15) is 4.79 Å². The first-order chi connectivity index (χ1) is 9.26. The summed E-state index contributed by atoms with van der Waals surface area (Å²) in [5.41, 5.74) is 2.55. The zero-order chi connectivity index (χ0) is 13.7. The number of hydrogen-bond acceptors (Lipinski definition) is 3. The fraction of sp³-hybridized carbons (Fsp3) is 0.438. The number of carbonyl (C=O) groups is 1. The summed E-state index contributed by atoms with van der Waals surface area (Å²) in [4.78, 5) is 11.9. The van der Waals surface area contributed by atoms with Gasteiger partial charge in [0.05, 0.1) is 12.5 Å². The topological polar surface area (TPSA) is 38.3 Å². The number of esters is 1. The van der Waals surface area contributed by atoms with Gasteiger partial charge in [0.15, 0.2) is 0 Å². The Labute approximate surface area is 114 Å². The van der Waals surface area contributed by atoms with Gasteiger partial charge in [-0.2, -0.15) is 0 Å². The van der Waals surface area contributed by atoms with E-state index in [2.05, 4.69) is 23.5 Å². The molecule has 1 aromatic carbocycles. The van der Waals surface area contributed by atoms with Gasteiger partial charge in [-0.3, -0.25) is 4.79 Å². The van der Waals surface area contributed by atoms with Crippen molar-refractivity contribution in [3.05, 3.63) is 42.0 Å². The highest BCUT2D eigenvalue weighted by molar-refractivity contribution is 5.77. The Hall–Kier alpha value is -1.61. The Morgan fingerprint density at radius 1 is 1.37 bits per heavy atom. The Bertz CT molecular complexity index is 453. The summed E-state index contributed by atoms with van der Waals surface area (Å²) in [5.74, 6) is -0.164. The first kappa shape index (κ1) is 13.8. The molecule has 0 saturated carbocycles. The summed E-state index contributed by atoms with van der Waals surface area (Å²) in [6.07, 6.45) is 3.93. The zero-order valence-corrected chi connectivity index (χ0v) is 11.6. The van der Waals surface area contributed by atoms with E-state index in [0.29, 0.717) is 6.61 Å². The number of hydrogen-bond donors (Lipinski definition) is 1. The van der Waals surface area contributed by atoms with E-state index in [-0.39, 0.29) is 17.9 Å². The van der Waals surface area contributed by atoms with Crippen LogP contribution < -0.4 is 5.32 Å². The molecule has 1 N–H and O–H groups in total. The minimum atomic E-state index is -0.0924. The molecule has 0 bridgehead atoms. The third-order valence-electron chi connectivity index (χ3n) is 3.61. The van der Waals surface area contributed by atoms with Crippen molar-refractivity contribution < 1.29 is 9.53 Å².